The molecule has 3 aliphatic heterocycles. The maximum absolute atomic E-state index is 11.0. The van der Waals surface area contributed by atoms with Gasteiger partial charge in [-0.2, -0.15) is 0 Å². The van der Waals surface area contributed by atoms with E-state index >= 15 is 0 Å². The zero-order valence-electron chi connectivity index (χ0n) is 13.1. The highest BCUT2D eigenvalue weighted by atomic mass is 16.3. The zero-order valence-corrected chi connectivity index (χ0v) is 13.1. The highest BCUT2D eigenvalue weighted by Crippen LogP contribution is 2.42. The van der Waals surface area contributed by atoms with Gasteiger partial charge in [0, 0.05) is 24.2 Å². The Balaban J connectivity index is 1.69. The quantitative estimate of drug-likeness (QED) is 0.856. The summed E-state index contributed by atoms with van der Waals surface area (Å²) in [4.78, 5) is 6.73. The molecule has 2 N–H and O–H groups in total. The molecule has 2 aromatic rings. The summed E-state index contributed by atoms with van der Waals surface area (Å²) in [5.41, 5.74) is 1.66. The summed E-state index contributed by atoms with van der Waals surface area (Å²) in [5, 5.41) is 21.7. The Morgan fingerprint density at radius 2 is 2.22 bits per heavy atom. The van der Waals surface area contributed by atoms with Crippen molar-refractivity contribution in [1.29, 1.82) is 0 Å². The molecule has 3 aliphatic rings. The number of rotatable bonds is 3. The van der Waals surface area contributed by atoms with E-state index in [0.717, 1.165) is 36.0 Å². The third-order valence-corrected chi connectivity index (χ3v) is 5.60. The molecule has 2 bridgehead atoms. The molecule has 5 rings (SSSR count). The lowest BCUT2D eigenvalue weighted by Crippen LogP contribution is -2.54. The number of phenolic OH excluding ortho intramolecular Hbond substituents is 1. The number of hydrogen-bond donors (Lipinski definition) is 2. The Hall–Kier alpha value is -1.91. The average Bonchev–Trinajstić information content (AvgIpc) is 2.60. The minimum Gasteiger partial charge on any atom is -0.508 e. The fourth-order valence-corrected chi connectivity index (χ4v) is 4.33. The van der Waals surface area contributed by atoms with E-state index in [9.17, 15) is 10.2 Å². The Labute approximate surface area is 136 Å². The Morgan fingerprint density at radius 1 is 1.35 bits per heavy atom. The van der Waals surface area contributed by atoms with Crippen molar-refractivity contribution in [2.45, 2.75) is 25.0 Å². The van der Waals surface area contributed by atoms with E-state index in [1.54, 1.807) is 24.4 Å². The molecular formula is C19H22N2O2. The molecule has 4 heteroatoms. The monoisotopic (exact) mass is 310 g/mol. The van der Waals surface area contributed by atoms with Gasteiger partial charge >= 0.3 is 0 Å². The second-order valence-corrected chi connectivity index (χ2v) is 6.79. The van der Waals surface area contributed by atoms with Crippen LogP contribution in [0.5, 0.6) is 5.75 Å². The van der Waals surface area contributed by atoms with Crippen molar-refractivity contribution in [3.8, 4) is 5.75 Å². The average molecular weight is 310 g/mol. The summed E-state index contributed by atoms with van der Waals surface area (Å²) in [6.45, 7) is 5.99. The highest BCUT2D eigenvalue weighted by molar-refractivity contribution is 5.83. The smallest absolute Gasteiger partial charge is 0.116 e. The van der Waals surface area contributed by atoms with Crippen molar-refractivity contribution in [3.63, 3.8) is 0 Å². The topological polar surface area (TPSA) is 56.6 Å². The second kappa shape index (κ2) is 5.62. The summed E-state index contributed by atoms with van der Waals surface area (Å²) < 4.78 is 0. The summed E-state index contributed by atoms with van der Waals surface area (Å²) in [6.07, 6.45) is 5.44. The van der Waals surface area contributed by atoms with Crippen molar-refractivity contribution >= 4 is 10.9 Å². The van der Waals surface area contributed by atoms with Crippen molar-refractivity contribution in [2.24, 2.45) is 11.8 Å². The Bertz CT molecular complexity index is 745. The van der Waals surface area contributed by atoms with Gasteiger partial charge in [0.05, 0.1) is 11.6 Å². The van der Waals surface area contributed by atoms with Crippen LogP contribution in [0.4, 0.5) is 0 Å². The van der Waals surface area contributed by atoms with Crippen molar-refractivity contribution in [3.05, 3.63) is 48.7 Å². The molecule has 4 heterocycles. The van der Waals surface area contributed by atoms with Gasteiger partial charge in [0.15, 0.2) is 0 Å². The molecule has 0 amide bonds. The van der Waals surface area contributed by atoms with Gasteiger partial charge in [0.2, 0.25) is 0 Å². The molecule has 0 saturated carbocycles. The number of phenols is 1. The molecule has 0 radical (unpaired) electrons. The SMILES string of the molecule is C=CC1CN2CCC1CC2[C@@H](O)c1ccnc2ccc(O)cc12. The number of benzene rings is 1. The molecule has 23 heavy (non-hydrogen) atoms. The zero-order chi connectivity index (χ0) is 16.0. The normalized spacial score (nSPS) is 31.2. The van der Waals surface area contributed by atoms with Crippen LogP contribution in [0.15, 0.2) is 43.1 Å². The van der Waals surface area contributed by atoms with E-state index in [4.69, 9.17) is 0 Å². The van der Waals surface area contributed by atoms with Crippen molar-refractivity contribution in [2.75, 3.05) is 13.1 Å². The predicted octanol–water partition coefficient (Wildman–Crippen LogP) is 2.87. The fourth-order valence-electron chi connectivity index (χ4n) is 4.33. The first-order valence-electron chi connectivity index (χ1n) is 8.29. The number of nitrogens with zero attached hydrogens (tertiary/aromatic N) is 2. The van der Waals surface area contributed by atoms with Crippen LogP contribution >= 0.6 is 0 Å². The van der Waals surface area contributed by atoms with E-state index in [1.807, 2.05) is 6.07 Å². The maximum atomic E-state index is 11.0. The first-order chi connectivity index (χ1) is 11.2. The number of fused-ring (bicyclic) bond motifs is 4. The standard InChI is InChI=1S/C19H22N2O2/c1-2-12-11-21-8-6-13(12)9-18(21)19(23)15-5-7-20-17-4-3-14(22)10-16(15)17/h2-5,7,10,12-13,18-19,22-23H,1,6,8-9,11H2/t12?,13?,18?,19-/m0/s1. The summed E-state index contributed by atoms with van der Waals surface area (Å²) in [7, 11) is 0. The number of aliphatic hydroxyl groups is 1. The van der Waals surface area contributed by atoms with Gasteiger partial charge in [0.1, 0.15) is 5.75 Å². The molecule has 3 fully saturated rings. The molecule has 1 aromatic heterocycles. The number of aliphatic hydroxyl groups excluding tert-OH is 1. The molecule has 0 aliphatic carbocycles. The number of hydrogen-bond acceptors (Lipinski definition) is 4. The minimum atomic E-state index is -0.559. The summed E-state index contributed by atoms with van der Waals surface area (Å²) >= 11 is 0. The minimum absolute atomic E-state index is 0.137. The summed E-state index contributed by atoms with van der Waals surface area (Å²) in [5.74, 6) is 1.38. The van der Waals surface area contributed by atoms with Gasteiger partial charge in [-0.1, -0.05) is 6.08 Å². The molecule has 3 saturated heterocycles. The number of aromatic hydroxyl groups is 1. The predicted molar refractivity (Wildman–Crippen MR) is 90.1 cm³/mol. The van der Waals surface area contributed by atoms with Crippen LogP contribution < -0.4 is 0 Å². The Kier molecular flexibility index (Phi) is 3.58. The third-order valence-electron chi connectivity index (χ3n) is 5.60. The van der Waals surface area contributed by atoms with Gasteiger partial charge in [-0.3, -0.25) is 9.88 Å². The van der Waals surface area contributed by atoms with Gasteiger partial charge in [-0.25, -0.2) is 0 Å². The van der Waals surface area contributed by atoms with Crippen molar-refractivity contribution in [1.82, 2.24) is 9.88 Å². The van der Waals surface area contributed by atoms with Crippen LogP contribution in [0.25, 0.3) is 10.9 Å². The first kappa shape index (κ1) is 14.7. The van der Waals surface area contributed by atoms with E-state index in [2.05, 4.69) is 22.5 Å². The molecule has 4 nitrogen and oxygen atoms in total. The van der Waals surface area contributed by atoms with E-state index in [0.29, 0.717) is 11.8 Å². The first-order valence-corrected chi connectivity index (χ1v) is 8.29. The van der Waals surface area contributed by atoms with Crippen LogP contribution in [-0.2, 0) is 0 Å². The molecule has 120 valence electrons. The lowest BCUT2D eigenvalue weighted by molar-refractivity contribution is -0.0444. The molecular weight excluding hydrogens is 288 g/mol. The van der Waals surface area contributed by atoms with Gasteiger partial charge < -0.3 is 10.2 Å². The largest absolute Gasteiger partial charge is 0.508 e. The van der Waals surface area contributed by atoms with Gasteiger partial charge in [0.25, 0.3) is 0 Å². The fraction of sp³-hybridized carbons (Fsp3) is 0.421. The number of piperidine rings is 3. The number of pyridine rings is 1. The molecule has 0 spiro atoms. The third kappa shape index (κ3) is 2.42. The van der Waals surface area contributed by atoms with E-state index in [1.165, 1.54) is 6.42 Å². The van der Waals surface area contributed by atoms with Crippen LogP contribution in [0.3, 0.4) is 0 Å². The van der Waals surface area contributed by atoms with Crippen LogP contribution in [-0.4, -0.2) is 39.2 Å². The lowest BCUT2D eigenvalue weighted by atomic mass is 9.73. The molecule has 1 aromatic carbocycles. The van der Waals surface area contributed by atoms with Gasteiger partial charge in [-0.15, -0.1) is 6.58 Å². The second-order valence-electron chi connectivity index (χ2n) is 6.79. The summed E-state index contributed by atoms with van der Waals surface area (Å²) in [6, 6.07) is 7.14. The van der Waals surface area contributed by atoms with Crippen LogP contribution in [0.1, 0.15) is 24.5 Å². The molecule has 5 atom stereocenters. The van der Waals surface area contributed by atoms with E-state index in [-0.39, 0.29) is 11.8 Å². The van der Waals surface area contributed by atoms with E-state index < -0.39 is 6.10 Å². The van der Waals surface area contributed by atoms with Crippen molar-refractivity contribution < 1.29 is 10.2 Å². The maximum Gasteiger partial charge on any atom is 0.116 e. The highest BCUT2D eigenvalue weighted by Gasteiger charge is 2.42. The van der Waals surface area contributed by atoms with Crippen LogP contribution in [0.2, 0.25) is 0 Å². The Morgan fingerprint density at radius 3 is 2.96 bits per heavy atom. The number of aromatic nitrogens is 1. The van der Waals surface area contributed by atoms with Crippen LogP contribution in [0, 0.1) is 11.8 Å². The van der Waals surface area contributed by atoms with Gasteiger partial charge in [-0.05, 0) is 61.1 Å². The lowest BCUT2D eigenvalue weighted by Gasteiger charge is -2.50. The molecule has 4 unspecified atom stereocenters.